The predicted molar refractivity (Wildman–Crippen MR) is 123 cm³/mol. The lowest BCUT2D eigenvalue weighted by atomic mass is 10.1. The SMILES string of the molecule is CCCN1CCC(NC(=NC)NCCCOc2cccc(OC)c2)CC1.I. The van der Waals surface area contributed by atoms with Crippen LogP contribution in [0.2, 0.25) is 0 Å². The molecule has 1 heterocycles. The number of ether oxygens (including phenoxy) is 2. The Balaban J connectivity index is 0.00000364. The Hall–Kier alpha value is -1.22. The maximum Gasteiger partial charge on any atom is 0.191 e. The molecule has 0 unspecified atom stereocenters. The minimum absolute atomic E-state index is 0. The maximum atomic E-state index is 5.76. The van der Waals surface area contributed by atoms with E-state index >= 15 is 0 Å². The number of piperidine rings is 1. The Bertz CT molecular complexity index is 549. The summed E-state index contributed by atoms with van der Waals surface area (Å²) in [5, 5.41) is 6.93. The van der Waals surface area contributed by atoms with E-state index in [2.05, 4.69) is 27.4 Å². The van der Waals surface area contributed by atoms with Crippen molar-refractivity contribution in [2.75, 3.05) is 46.9 Å². The van der Waals surface area contributed by atoms with Crippen LogP contribution in [0.4, 0.5) is 0 Å². The molecule has 7 heteroatoms. The van der Waals surface area contributed by atoms with Gasteiger partial charge in [0.1, 0.15) is 11.5 Å². The molecule has 6 nitrogen and oxygen atoms in total. The maximum absolute atomic E-state index is 5.76. The summed E-state index contributed by atoms with van der Waals surface area (Å²) in [5.41, 5.74) is 0. The van der Waals surface area contributed by atoms with Crippen molar-refractivity contribution in [3.05, 3.63) is 24.3 Å². The van der Waals surface area contributed by atoms with Gasteiger partial charge in [0.15, 0.2) is 5.96 Å². The largest absolute Gasteiger partial charge is 0.497 e. The third-order valence-corrected chi connectivity index (χ3v) is 4.62. The molecule has 2 N–H and O–H groups in total. The molecule has 0 bridgehead atoms. The average molecular weight is 490 g/mol. The zero-order chi connectivity index (χ0) is 18.6. The fourth-order valence-electron chi connectivity index (χ4n) is 3.17. The van der Waals surface area contributed by atoms with Gasteiger partial charge in [0.25, 0.3) is 0 Å². The van der Waals surface area contributed by atoms with Crippen molar-refractivity contribution in [3.63, 3.8) is 0 Å². The fraction of sp³-hybridized carbons (Fsp3) is 0.650. The number of hydrogen-bond donors (Lipinski definition) is 2. The summed E-state index contributed by atoms with van der Waals surface area (Å²) in [6.45, 7) is 7.31. The summed E-state index contributed by atoms with van der Waals surface area (Å²) in [4.78, 5) is 6.89. The van der Waals surface area contributed by atoms with E-state index < -0.39 is 0 Å². The molecule has 2 rings (SSSR count). The molecule has 1 aliphatic heterocycles. The first kappa shape index (κ1) is 23.8. The van der Waals surface area contributed by atoms with Gasteiger partial charge in [-0.05, 0) is 44.4 Å². The first-order valence-electron chi connectivity index (χ1n) is 9.71. The Morgan fingerprint density at radius 1 is 1.26 bits per heavy atom. The van der Waals surface area contributed by atoms with Crippen molar-refractivity contribution < 1.29 is 9.47 Å². The number of nitrogens with zero attached hydrogens (tertiary/aromatic N) is 2. The topological polar surface area (TPSA) is 58.1 Å². The van der Waals surface area contributed by atoms with Gasteiger partial charge in [-0.1, -0.05) is 13.0 Å². The molecule has 1 saturated heterocycles. The van der Waals surface area contributed by atoms with Crippen molar-refractivity contribution in [3.8, 4) is 11.5 Å². The van der Waals surface area contributed by atoms with Crippen LogP contribution in [0.25, 0.3) is 0 Å². The van der Waals surface area contributed by atoms with Gasteiger partial charge in [-0.25, -0.2) is 0 Å². The Morgan fingerprint density at radius 2 is 2.00 bits per heavy atom. The predicted octanol–water partition coefficient (Wildman–Crippen LogP) is 3.12. The monoisotopic (exact) mass is 490 g/mol. The molecule has 0 saturated carbocycles. The van der Waals surface area contributed by atoms with Crippen molar-refractivity contribution >= 4 is 29.9 Å². The summed E-state index contributed by atoms with van der Waals surface area (Å²) in [6.07, 6.45) is 4.51. The second-order valence-corrected chi connectivity index (χ2v) is 6.64. The van der Waals surface area contributed by atoms with Crippen LogP contribution in [-0.4, -0.2) is 63.8 Å². The minimum atomic E-state index is 0. The van der Waals surface area contributed by atoms with Crippen molar-refractivity contribution in [1.82, 2.24) is 15.5 Å². The number of nitrogens with one attached hydrogen (secondary N) is 2. The van der Waals surface area contributed by atoms with E-state index in [1.54, 1.807) is 7.11 Å². The van der Waals surface area contributed by atoms with E-state index in [-0.39, 0.29) is 24.0 Å². The van der Waals surface area contributed by atoms with E-state index in [4.69, 9.17) is 9.47 Å². The summed E-state index contributed by atoms with van der Waals surface area (Å²) in [6, 6.07) is 8.21. The van der Waals surface area contributed by atoms with Crippen molar-refractivity contribution in [2.45, 2.75) is 38.6 Å². The molecule has 0 amide bonds. The third-order valence-electron chi connectivity index (χ3n) is 4.62. The van der Waals surface area contributed by atoms with Crippen molar-refractivity contribution in [1.29, 1.82) is 0 Å². The second kappa shape index (κ2) is 13.9. The molecule has 0 radical (unpaired) electrons. The fourth-order valence-corrected chi connectivity index (χ4v) is 3.17. The average Bonchev–Trinajstić information content (AvgIpc) is 2.68. The van der Waals surface area contributed by atoms with Gasteiger partial charge in [0, 0.05) is 38.8 Å². The second-order valence-electron chi connectivity index (χ2n) is 6.64. The van der Waals surface area contributed by atoms with Gasteiger partial charge < -0.3 is 25.0 Å². The normalized spacial score (nSPS) is 15.7. The molecule has 1 aliphatic rings. The zero-order valence-electron chi connectivity index (χ0n) is 16.9. The summed E-state index contributed by atoms with van der Waals surface area (Å²) in [5.74, 6) is 2.54. The highest BCUT2D eigenvalue weighted by Gasteiger charge is 2.19. The van der Waals surface area contributed by atoms with Crippen molar-refractivity contribution in [2.24, 2.45) is 4.99 Å². The minimum Gasteiger partial charge on any atom is -0.497 e. The lowest BCUT2D eigenvalue weighted by Gasteiger charge is -2.32. The van der Waals surface area contributed by atoms with E-state index in [0.717, 1.165) is 30.4 Å². The van der Waals surface area contributed by atoms with Crippen LogP contribution in [-0.2, 0) is 0 Å². The molecule has 0 spiro atoms. The molecule has 27 heavy (non-hydrogen) atoms. The molecule has 1 aromatic carbocycles. The molecule has 0 atom stereocenters. The van der Waals surface area contributed by atoms with Crippen LogP contribution in [0.1, 0.15) is 32.6 Å². The van der Waals surface area contributed by atoms with Crippen LogP contribution in [0.15, 0.2) is 29.3 Å². The zero-order valence-corrected chi connectivity index (χ0v) is 19.2. The number of guanidine groups is 1. The molecule has 1 aromatic rings. The highest BCUT2D eigenvalue weighted by atomic mass is 127. The van der Waals surface area contributed by atoms with Crippen LogP contribution in [0, 0.1) is 0 Å². The van der Waals surface area contributed by atoms with E-state index in [9.17, 15) is 0 Å². The number of rotatable bonds is 9. The highest BCUT2D eigenvalue weighted by Crippen LogP contribution is 2.18. The Kier molecular flexibility index (Phi) is 12.2. The number of methoxy groups -OCH3 is 1. The molecule has 0 aromatic heterocycles. The van der Waals surface area contributed by atoms with Gasteiger partial charge in [-0.2, -0.15) is 0 Å². The third kappa shape index (κ3) is 9.01. The van der Waals surface area contributed by atoms with Gasteiger partial charge in [0.05, 0.1) is 13.7 Å². The first-order chi connectivity index (χ1) is 12.7. The smallest absolute Gasteiger partial charge is 0.191 e. The van der Waals surface area contributed by atoms with E-state index in [1.165, 1.54) is 38.9 Å². The first-order valence-corrected chi connectivity index (χ1v) is 9.71. The number of halogens is 1. The lowest BCUT2D eigenvalue weighted by Crippen LogP contribution is -2.49. The quantitative estimate of drug-likeness (QED) is 0.241. The van der Waals surface area contributed by atoms with Gasteiger partial charge in [-0.15, -0.1) is 24.0 Å². The van der Waals surface area contributed by atoms with Gasteiger partial charge in [0.2, 0.25) is 0 Å². The Morgan fingerprint density at radius 3 is 2.67 bits per heavy atom. The molecule has 154 valence electrons. The van der Waals surface area contributed by atoms with Crippen LogP contribution in [0.3, 0.4) is 0 Å². The van der Waals surface area contributed by atoms with Crippen LogP contribution < -0.4 is 20.1 Å². The molecule has 1 fully saturated rings. The van der Waals surface area contributed by atoms with Crippen LogP contribution >= 0.6 is 24.0 Å². The molecular formula is C20H35IN4O2. The van der Waals surface area contributed by atoms with E-state index in [0.29, 0.717) is 12.6 Å². The summed E-state index contributed by atoms with van der Waals surface area (Å²) >= 11 is 0. The highest BCUT2D eigenvalue weighted by molar-refractivity contribution is 14.0. The van der Waals surface area contributed by atoms with Gasteiger partial charge >= 0.3 is 0 Å². The van der Waals surface area contributed by atoms with Gasteiger partial charge in [-0.3, -0.25) is 4.99 Å². The number of likely N-dealkylation sites (tertiary alicyclic amines) is 1. The lowest BCUT2D eigenvalue weighted by molar-refractivity contribution is 0.206. The number of aliphatic imine (C=N–C) groups is 1. The molecular weight excluding hydrogens is 455 g/mol. The summed E-state index contributed by atoms with van der Waals surface area (Å²) < 4.78 is 11.0. The van der Waals surface area contributed by atoms with E-state index in [1.807, 2.05) is 31.3 Å². The number of benzene rings is 1. The standard InChI is InChI=1S/C20H34N4O2.HI/c1-4-12-24-13-9-17(10-14-24)23-20(21-2)22-11-6-15-26-19-8-5-7-18(16-19)25-3;/h5,7-8,16-17H,4,6,9-15H2,1-3H3,(H2,21,22,23);1H. The summed E-state index contributed by atoms with van der Waals surface area (Å²) in [7, 11) is 3.49. The number of hydrogen-bond acceptors (Lipinski definition) is 4. The molecule has 0 aliphatic carbocycles. The van der Waals surface area contributed by atoms with Crippen LogP contribution in [0.5, 0.6) is 11.5 Å². The Labute approximate surface area is 181 Å².